The summed E-state index contributed by atoms with van der Waals surface area (Å²) < 4.78 is 7.44. The summed E-state index contributed by atoms with van der Waals surface area (Å²) >= 11 is 3.30. The van der Waals surface area contributed by atoms with E-state index in [1.165, 1.54) is 15.5 Å². The number of ether oxygens (including phenoxy) is 1. The molecule has 1 aliphatic rings. The molecule has 7 heteroatoms. The van der Waals surface area contributed by atoms with E-state index in [1.807, 2.05) is 0 Å². The maximum absolute atomic E-state index is 12.8. The Bertz CT molecular complexity index is 890. The average Bonchev–Trinajstić information content (AvgIpc) is 2.59. The van der Waals surface area contributed by atoms with Gasteiger partial charge < -0.3 is 14.2 Å². The highest BCUT2D eigenvalue weighted by molar-refractivity contribution is 9.10. The summed E-state index contributed by atoms with van der Waals surface area (Å²) in [5.74, 6) is 0.161. The third kappa shape index (κ3) is 2.87. The van der Waals surface area contributed by atoms with Crippen molar-refractivity contribution < 1.29 is 14.3 Å². The van der Waals surface area contributed by atoms with Crippen LogP contribution in [-0.2, 0) is 4.79 Å². The predicted molar refractivity (Wildman–Crippen MR) is 92.8 cm³/mol. The molecule has 1 aromatic carbocycles. The zero-order valence-electron chi connectivity index (χ0n) is 13.2. The molecule has 6 nitrogen and oxygen atoms in total. The van der Waals surface area contributed by atoms with Crippen LogP contribution in [0, 0.1) is 0 Å². The molecule has 2 aromatic rings. The first-order chi connectivity index (χ1) is 11.4. The van der Waals surface area contributed by atoms with E-state index in [4.69, 9.17) is 4.74 Å². The number of fused-ring (bicyclic) bond motifs is 1. The Labute approximate surface area is 146 Å². The summed E-state index contributed by atoms with van der Waals surface area (Å²) in [5.41, 5.74) is 0.705. The molecule has 24 heavy (non-hydrogen) atoms. The van der Waals surface area contributed by atoms with Crippen LogP contribution in [0.1, 0.15) is 23.3 Å². The van der Waals surface area contributed by atoms with E-state index in [9.17, 15) is 14.4 Å². The van der Waals surface area contributed by atoms with Crippen molar-refractivity contribution in [2.24, 2.45) is 0 Å². The minimum absolute atomic E-state index is 0.0133. The summed E-state index contributed by atoms with van der Waals surface area (Å²) in [4.78, 5) is 38.0. The van der Waals surface area contributed by atoms with Crippen LogP contribution >= 0.6 is 15.9 Å². The topological polar surface area (TPSA) is 68.6 Å². The van der Waals surface area contributed by atoms with E-state index in [0.717, 1.165) is 0 Å². The lowest BCUT2D eigenvalue weighted by Gasteiger charge is -2.26. The van der Waals surface area contributed by atoms with E-state index < -0.39 is 6.04 Å². The van der Waals surface area contributed by atoms with Gasteiger partial charge in [-0.25, -0.2) is 0 Å². The van der Waals surface area contributed by atoms with Gasteiger partial charge >= 0.3 is 0 Å². The van der Waals surface area contributed by atoms with Crippen molar-refractivity contribution in [3.8, 4) is 5.75 Å². The maximum Gasteiger partial charge on any atom is 0.264 e. The normalized spacial score (nSPS) is 14.8. The fourth-order valence-corrected chi connectivity index (χ4v) is 2.92. The van der Waals surface area contributed by atoms with E-state index in [0.29, 0.717) is 21.5 Å². The fraction of sp³-hybridized carbons (Fsp3) is 0.235. The van der Waals surface area contributed by atoms with Gasteiger partial charge in [-0.1, -0.05) is 0 Å². The second-order valence-corrected chi connectivity index (χ2v) is 6.47. The fourth-order valence-electron chi connectivity index (χ4n) is 2.57. The Kier molecular flexibility index (Phi) is 4.28. The van der Waals surface area contributed by atoms with Gasteiger partial charge in [-0.15, -0.1) is 0 Å². The number of anilines is 1. The molecule has 2 heterocycles. The Balaban J connectivity index is 1.97. The number of benzene rings is 1. The minimum atomic E-state index is -0.668. The van der Waals surface area contributed by atoms with Gasteiger partial charge in [-0.05, 0) is 47.1 Å². The highest BCUT2D eigenvalue weighted by atomic mass is 79.9. The van der Waals surface area contributed by atoms with Crippen molar-refractivity contribution in [3.63, 3.8) is 0 Å². The molecule has 0 aliphatic carbocycles. The SMILES string of the molecule is CC(C(=O)c1ccc2c(c1)N(C)C(=O)CO2)n1cc(Br)ccc1=O. The van der Waals surface area contributed by atoms with Gasteiger partial charge in [0.1, 0.15) is 5.75 Å². The van der Waals surface area contributed by atoms with E-state index in [2.05, 4.69) is 15.9 Å². The van der Waals surface area contributed by atoms with E-state index >= 15 is 0 Å². The van der Waals surface area contributed by atoms with Gasteiger partial charge in [-0.2, -0.15) is 0 Å². The van der Waals surface area contributed by atoms with Crippen molar-refractivity contribution in [3.05, 3.63) is 56.9 Å². The average molecular weight is 391 g/mol. The molecular weight excluding hydrogens is 376 g/mol. The lowest BCUT2D eigenvalue weighted by molar-refractivity contribution is -0.120. The molecule has 0 saturated heterocycles. The van der Waals surface area contributed by atoms with Crippen molar-refractivity contribution in [2.45, 2.75) is 13.0 Å². The smallest absolute Gasteiger partial charge is 0.264 e. The lowest BCUT2D eigenvalue weighted by atomic mass is 10.0. The number of Topliss-reactive ketones (excluding diaryl/α,β-unsaturated/α-hetero) is 1. The van der Waals surface area contributed by atoms with Crippen LogP contribution in [0.25, 0.3) is 0 Å². The molecule has 0 bridgehead atoms. The first-order valence-corrected chi connectivity index (χ1v) is 8.13. The zero-order valence-corrected chi connectivity index (χ0v) is 14.7. The molecule has 3 rings (SSSR count). The molecule has 1 aliphatic heterocycles. The standard InChI is InChI=1S/C17H15BrN2O4/c1-10(20-8-12(18)4-6-15(20)21)17(23)11-3-5-14-13(7-11)19(2)16(22)9-24-14/h3-8,10H,9H2,1-2H3. The Morgan fingerprint density at radius 3 is 2.75 bits per heavy atom. The van der Waals surface area contributed by atoms with Crippen molar-refractivity contribution in [1.82, 2.24) is 4.57 Å². The number of pyridine rings is 1. The summed E-state index contributed by atoms with van der Waals surface area (Å²) in [6, 6.07) is 7.30. The van der Waals surface area contributed by atoms with Gasteiger partial charge in [0.05, 0.1) is 11.7 Å². The van der Waals surface area contributed by atoms with Crippen LogP contribution in [0.5, 0.6) is 5.75 Å². The highest BCUT2D eigenvalue weighted by Gasteiger charge is 2.25. The molecule has 0 radical (unpaired) electrons. The lowest BCUT2D eigenvalue weighted by Crippen LogP contribution is -2.35. The number of halogens is 1. The van der Waals surface area contributed by atoms with Crippen LogP contribution in [0.2, 0.25) is 0 Å². The van der Waals surface area contributed by atoms with Crippen LogP contribution in [0.4, 0.5) is 5.69 Å². The third-order valence-corrected chi connectivity index (χ3v) is 4.50. The molecule has 1 atom stereocenters. The first-order valence-electron chi connectivity index (χ1n) is 7.34. The van der Waals surface area contributed by atoms with Gasteiger partial charge in [0.15, 0.2) is 12.4 Å². The number of ketones is 1. The zero-order chi connectivity index (χ0) is 17.4. The Hall–Kier alpha value is -2.41. The van der Waals surface area contributed by atoms with Gasteiger partial charge in [0.25, 0.3) is 11.5 Å². The number of rotatable bonds is 3. The second kappa shape index (κ2) is 6.24. The van der Waals surface area contributed by atoms with Gasteiger partial charge in [0, 0.05) is 29.3 Å². The number of aromatic nitrogens is 1. The van der Waals surface area contributed by atoms with Crippen LogP contribution in [0.15, 0.2) is 45.8 Å². The number of amides is 1. The quantitative estimate of drug-likeness (QED) is 0.754. The molecule has 124 valence electrons. The van der Waals surface area contributed by atoms with Crippen LogP contribution in [-0.4, -0.2) is 29.9 Å². The number of likely N-dealkylation sites (N-methyl/N-ethyl adjacent to an activating group) is 1. The molecule has 1 amide bonds. The number of carbonyl (C=O) groups is 2. The number of hydrogen-bond acceptors (Lipinski definition) is 4. The third-order valence-electron chi connectivity index (χ3n) is 4.03. The molecule has 0 spiro atoms. The summed E-state index contributed by atoms with van der Waals surface area (Å²) in [6.07, 6.45) is 1.59. The molecule has 1 aromatic heterocycles. The summed E-state index contributed by atoms with van der Waals surface area (Å²) in [6.45, 7) is 1.65. The van der Waals surface area contributed by atoms with Gasteiger partial charge in [0.2, 0.25) is 0 Å². The number of carbonyl (C=O) groups excluding carboxylic acids is 2. The Morgan fingerprint density at radius 1 is 1.25 bits per heavy atom. The predicted octanol–water partition coefficient (Wildman–Crippen LogP) is 2.41. The van der Waals surface area contributed by atoms with Gasteiger partial charge in [-0.3, -0.25) is 14.4 Å². The van der Waals surface area contributed by atoms with E-state index in [-0.39, 0.29) is 23.9 Å². The molecule has 0 fully saturated rings. The first kappa shape index (κ1) is 16.4. The maximum atomic E-state index is 12.8. The van der Waals surface area contributed by atoms with E-state index in [1.54, 1.807) is 44.4 Å². The summed E-state index contributed by atoms with van der Waals surface area (Å²) in [5, 5.41) is 0. The molecule has 1 unspecified atom stereocenters. The van der Waals surface area contributed by atoms with Crippen molar-refractivity contribution in [1.29, 1.82) is 0 Å². The summed E-state index contributed by atoms with van der Waals surface area (Å²) in [7, 11) is 1.64. The van der Waals surface area contributed by atoms with Crippen molar-refractivity contribution in [2.75, 3.05) is 18.6 Å². The minimum Gasteiger partial charge on any atom is -0.482 e. The largest absolute Gasteiger partial charge is 0.482 e. The molecular formula is C17H15BrN2O4. The molecule has 0 saturated carbocycles. The highest BCUT2D eigenvalue weighted by Crippen LogP contribution is 2.32. The molecule has 0 N–H and O–H groups in total. The van der Waals surface area contributed by atoms with Crippen molar-refractivity contribution >= 4 is 33.3 Å². The van der Waals surface area contributed by atoms with Crippen LogP contribution in [0.3, 0.4) is 0 Å². The number of nitrogens with zero attached hydrogens (tertiary/aromatic N) is 2. The Morgan fingerprint density at radius 2 is 2.00 bits per heavy atom. The monoisotopic (exact) mass is 390 g/mol. The number of hydrogen-bond donors (Lipinski definition) is 0. The van der Waals surface area contributed by atoms with Crippen LogP contribution < -0.4 is 15.2 Å². The second-order valence-electron chi connectivity index (χ2n) is 5.56.